The molecule has 17 heavy (non-hydrogen) atoms. The maximum absolute atomic E-state index is 6.16. The standard InChI is InChI=1S/C14H29ClO2/c1-4-6-8-14(5-2,13-15)9-7-10-17-12-11-16-3/h4-13H2,1-3H3. The molecule has 0 aliphatic rings. The van der Waals surface area contributed by atoms with Gasteiger partial charge < -0.3 is 9.47 Å². The molecule has 2 nitrogen and oxygen atoms in total. The molecule has 0 aromatic rings. The summed E-state index contributed by atoms with van der Waals surface area (Å²) in [6, 6.07) is 0. The Hall–Kier alpha value is 0.210. The molecule has 0 radical (unpaired) electrons. The Balaban J connectivity index is 3.75. The van der Waals surface area contributed by atoms with Gasteiger partial charge in [-0.15, -0.1) is 11.6 Å². The number of unbranched alkanes of at least 4 members (excludes halogenated alkanes) is 1. The van der Waals surface area contributed by atoms with Gasteiger partial charge in [0, 0.05) is 19.6 Å². The lowest BCUT2D eigenvalue weighted by molar-refractivity contribution is 0.0634. The fourth-order valence-corrected chi connectivity index (χ4v) is 2.51. The smallest absolute Gasteiger partial charge is 0.0700 e. The highest BCUT2D eigenvalue weighted by molar-refractivity contribution is 6.18. The predicted octanol–water partition coefficient (Wildman–Crippen LogP) is 4.26. The molecular formula is C14H29ClO2. The Bertz CT molecular complexity index is 158. The van der Waals surface area contributed by atoms with Crippen molar-refractivity contribution in [1.82, 2.24) is 0 Å². The Morgan fingerprint density at radius 3 is 2.24 bits per heavy atom. The molecule has 0 saturated heterocycles. The van der Waals surface area contributed by atoms with Gasteiger partial charge in [0.2, 0.25) is 0 Å². The topological polar surface area (TPSA) is 18.5 Å². The second kappa shape index (κ2) is 11.3. The molecule has 0 aromatic carbocycles. The summed E-state index contributed by atoms with van der Waals surface area (Å²) in [6.07, 6.45) is 7.25. The van der Waals surface area contributed by atoms with Gasteiger partial charge in [0.15, 0.2) is 0 Å². The van der Waals surface area contributed by atoms with Crippen molar-refractivity contribution in [3.8, 4) is 0 Å². The molecule has 0 aliphatic heterocycles. The summed E-state index contributed by atoms with van der Waals surface area (Å²) < 4.78 is 10.4. The van der Waals surface area contributed by atoms with Crippen LogP contribution in [0.3, 0.4) is 0 Å². The minimum Gasteiger partial charge on any atom is -0.382 e. The zero-order valence-electron chi connectivity index (χ0n) is 11.8. The van der Waals surface area contributed by atoms with Gasteiger partial charge in [0.1, 0.15) is 0 Å². The molecule has 3 heteroatoms. The Kier molecular flexibility index (Phi) is 11.4. The summed E-state index contributed by atoms with van der Waals surface area (Å²) >= 11 is 6.16. The highest BCUT2D eigenvalue weighted by Gasteiger charge is 2.25. The number of rotatable bonds is 12. The van der Waals surface area contributed by atoms with E-state index in [9.17, 15) is 0 Å². The van der Waals surface area contributed by atoms with Crippen LogP contribution >= 0.6 is 11.6 Å². The lowest BCUT2D eigenvalue weighted by Gasteiger charge is -2.30. The zero-order valence-corrected chi connectivity index (χ0v) is 12.5. The molecule has 0 amide bonds. The fourth-order valence-electron chi connectivity index (χ4n) is 2.05. The van der Waals surface area contributed by atoms with Crippen LogP contribution in [0.25, 0.3) is 0 Å². The Morgan fingerprint density at radius 2 is 1.71 bits per heavy atom. The number of methoxy groups -OCH3 is 1. The molecule has 0 bridgehead atoms. The van der Waals surface area contributed by atoms with E-state index < -0.39 is 0 Å². The highest BCUT2D eigenvalue weighted by Crippen LogP contribution is 2.35. The van der Waals surface area contributed by atoms with E-state index >= 15 is 0 Å². The first-order valence-electron chi connectivity index (χ1n) is 6.87. The molecule has 0 heterocycles. The summed E-state index contributed by atoms with van der Waals surface area (Å²) in [5.74, 6) is 0.779. The van der Waals surface area contributed by atoms with Crippen molar-refractivity contribution in [2.75, 3.05) is 32.8 Å². The van der Waals surface area contributed by atoms with Crippen molar-refractivity contribution in [2.24, 2.45) is 5.41 Å². The van der Waals surface area contributed by atoms with E-state index in [1.165, 1.54) is 32.1 Å². The van der Waals surface area contributed by atoms with Crippen LogP contribution in [-0.4, -0.2) is 32.8 Å². The zero-order chi connectivity index (χ0) is 13.0. The van der Waals surface area contributed by atoms with Crippen LogP contribution in [0.1, 0.15) is 52.4 Å². The van der Waals surface area contributed by atoms with Crippen LogP contribution in [-0.2, 0) is 9.47 Å². The minimum atomic E-state index is 0.335. The number of ether oxygens (including phenoxy) is 2. The van der Waals surface area contributed by atoms with E-state index in [0.29, 0.717) is 18.6 Å². The van der Waals surface area contributed by atoms with E-state index in [0.717, 1.165) is 18.9 Å². The van der Waals surface area contributed by atoms with Crippen LogP contribution in [0, 0.1) is 5.41 Å². The lowest BCUT2D eigenvalue weighted by atomic mass is 9.78. The summed E-state index contributed by atoms with van der Waals surface area (Å²) in [4.78, 5) is 0. The van der Waals surface area contributed by atoms with Crippen LogP contribution in [0.2, 0.25) is 0 Å². The monoisotopic (exact) mass is 264 g/mol. The molecule has 0 aliphatic carbocycles. The fraction of sp³-hybridized carbons (Fsp3) is 1.00. The van der Waals surface area contributed by atoms with Crippen molar-refractivity contribution in [3.63, 3.8) is 0 Å². The first-order valence-corrected chi connectivity index (χ1v) is 7.40. The van der Waals surface area contributed by atoms with Gasteiger partial charge in [-0.05, 0) is 31.1 Å². The van der Waals surface area contributed by atoms with E-state index in [2.05, 4.69) is 13.8 Å². The maximum Gasteiger partial charge on any atom is 0.0700 e. The van der Waals surface area contributed by atoms with Crippen LogP contribution in [0.15, 0.2) is 0 Å². The third-order valence-electron chi connectivity index (χ3n) is 3.52. The van der Waals surface area contributed by atoms with Gasteiger partial charge in [-0.2, -0.15) is 0 Å². The second-order valence-electron chi connectivity index (χ2n) is 4.80. The third kappa shape index (κ3) is 8.01. The molecule has 0 fully saturated rings. The van der Waals surface area contributed by atoms with Crippen molar-refractivity contribution in [2.45, 2.75) is 52.4 Å². The molecule has 104 valence electrons. The summed E-state index contributed by atoms with van der Waals surface area (Å²) in [7, 11) is 1.70. The first-order chi connectivity index (χ1) is 8.24. The SMILES string of the molecule is CCCCC(CC)(CCl)CCCOCCOC. The number of hydrogen-bond donors (Lipinski definition) is 0. The second-order valence-corrected chi connectivity index (χ2v) is 5.07. The van der Waals surface area contributed by atoms with E-state index in [1.54, 1.807) is 7.11 Å². The molecule has 0 N–H and O–H groups in total. The molecule has 1 atom stereocenters. The number of hydrogen-bond acceptors (Lipinski definition) is 2. The average molecular weight is 265 g/mol. The van der Waals surface area contributed by atoms with Crippen molar-refractivity contribution in [1.29, 1.82) is 0 Å². The summed E-state index contributed by atoms with van der Waals surface area (Å²) in [5, 5.41) is 0. The Labute approximate surface area is 112 Å². The van der Waals surface area contributed by atoms with Crippen LogP contribution in [0.5, 0.6) is 0 Å². The van der Waals surface area contributed by atoms with Gasteiger partial charge in [-0.3, -0.25) is 0 Å². The average Bonchev–Trinajstić information content (AvgIpc) is 2.38. The van der Waals surface area contributed by atoms with E-state index in [1.807, 2.05) is 0 Å². The van der Waals surface area contributed by atoms with E-state index in [4.69, 9.17) is 21.1 Å². The molecular weight excluding hydrogens is 236 g/mol. The first kappa shape index (κ1) is 17.2. The van der Waals surface area contributed by atoms with Crippen molar-refractivity contribution >= 4 is 11.6 Å². The maximum atomic E-state index is 6.16. The molecule has 0 aromatic heterocycles. The Morgan fingerprint density at radius 1 is 1.00 bits per heavy atom. The van der Waals surface area contributed by atoms with Crippen molar-refractivity contribution in [3.05, 3.63) is 0 Å². The highest BCUT2D eigenvalue weighted by atomic mass is 35.5. The van der Waals surface area contributed by atoms with Gasteiger partial charge in [-0.1, -0.05) is 26.7 Å². The predicted molar refractivity (Wildman–Crippen MR) is 74.9 cm³/mol. The molecule has 0 saturated carbocycles. The molecule has 0 spiro atoms. The van der Waals surface area contributed by atoms with Gasteiger partial charge >= 0.3 is 0 Å². The number of alkyl halides is 1. The molecule has 0 rings (SSSR count). The van der Waals surface area contributed by atoms with E-state index in [-0.39, 0.29) is 0 Å². The van der Waals surface area contributed by atoms with Gasteiger partial charge in [0.05, 0.1) is 13.2 Å². The van der Waals surface area contributed by atoms with Crippen LogP contribution in [0.4, 0.5) is 0 Å². The van der Waals surface area contributed by atoms with Gasteiger partial charge in [0.25, 0.3) is 0 Å². The van der Waals surface area contributed by atoms with Crippen LogP contribution < -0.4 is 0 Å². The molecule has 1 unspecified atom stereocenters. The minimum absolute atomic E-state index is 0.335. The summed E-state index contributed by atoms with van der Waals surface area (Å²) in [5.41, 5.74) is 0.335. The quantitative estimate of drug-likeness (QED) is 0.387. The van der Waals surface area contributed by atoms with Crippen molar-refractivity contribution < 1.29 is 9.47 Å². The largest absolute Gasteiger partial charge is 0.382 e. The van der Waals surface area contributed by atoms with Gasteiger partial charge in [-0.25, -0.2) is 0 Å². The third-order valence-corrected chi connectivity index (χ3v) is 4.09. The number of halogens is 1. The normalized spacial score (nSPS) is 14.8. The lowest BCUT2D eigenvalue weighted by Crippen LogP contribution is -2.23. The summed E-state index contributed by atoms with van der Waals surface area (Å²) in [6.45, 7) is 6.70.